The summed E-state index contributed by atoms with van der Waals surface area (Å²) in [4.78, 5) is 12.1. The lowest BCUT2D eigenvalue weighted by molar-refractivity contribution is -0.0344. The highest BCUT2D eigenvalue weighted by Gasteiger charge is 2.27. The number of ether oxygens (including phenoxy) is 1. The smallest absolute Gasteiger partial charge is 0.159 e. The normalized spacial score (nSPS) is 22.8. The maximum atomic E-state index is 5.95. The molecule has 0 radical (unpaired) electrons. The molecule has 3 rings (SSSR count). The minimum atomic E-state index is 0.0219. The Morgan fingerprint density at radius 2 is 2.19 bits per heavy atom. The molecule has 1 aromatic heterocycles. The van der Waals surface area contributed by atoms with Crippen LogP contribution in [-0.2, 0) is 17.8 Å². The summed E-state index contributed by atoms with van der Waals surface area (Å²) < 4.78 is 5.95. The monoisotopic (exact) mass is 290 g/mol. The highest BCUT2D eigenvalue weighted by atomic mass is 16.5. The molecule has 1 aromatic rings. The average molecular weight is 290 g/mol. The molecule has 3 heterocycles. The molecule has 1 unspecified atom stereocenters. The van der Waals surface area contributed by atoms with E-state index in [1.54, 1.807) is 0 Å². The number of nitrogens with zero attached hydrogens (tertiary/aromatic N) is 3. The van der Waals surface area contributed by atoms with Gasteiger partial charge in [-0.2, -0.15) is 0 Å². The van der Waals surface area contributed by atoms with Crippen molar-refractivity contribution in [2.45, 2.75) is 52.3 Å². The predicted molar refractivity (Wildman–Crippen MR) is 82.1 cm³/mol. The second-order valence-corrected chi connectivity index (χ2v) is 6.31. The molecule has 0 spiro atoms. The standard InChI is InChI=1S/C16H26N4O/c1-4-5-20-6-7-21-14(10-20)16-18-13-9-17-8-12(13)15(19-16)11(2)3/h11,14,17H,4-10H2,1-3H3. The van der Waals surface area contributed by atoms with E-state index in [0.29, 0.717) is 5.92 Å². The first-order valence-electron chi connectivity index (χ1n) is 8.13. The van der Waals surface area contributed by atoms with Gasteiger partial charge in [0.05, 0.1) is 18.0 Å². The Morgan fingerprint density at radius 3 is 2.95 bits per heavy atom. The molecule has 1 saturated heterocycles. The molecular formula is C16H26N4O. The maximum Gasteiger partial charge on any atom is 0.159 e. The average Bonchev–Trinajstić information content (AvgIpc) is 2.95. The van der Waals surface area contributed by atoms with Gasteiger partial charge in [-0.1, -0.05) is 20.8 Å². The molecule has 2 aliphatic rings. The van der Waals surface area contributed by atoms with Gasteiger partial charge in [0, 0.05) is 31.7 Å². The minimum Gasteiger partial charge on any atom is -0.368 e. The van der Waals surface area contributed by atoms with Crippen molar-refractivity contribution in [3.63, 3.8) is 0 Å². The Bertz CT molecular complexity index is 501. The quantitative estimate of drug-likeness (QED) is 0.919. The van der Waals surface area contributed by atoms with Crippen LogP contribution < -0.4 is 5.32 Å². The van der Waals surface area contributed by atoms with Gasteiger partial charge < -0.3 is 10.1 Å². The molecule has 5 nitrogen and oxygen atoms in total. The highest BCUT2D eigenvalue weighted by molar-refractivity contribution is 5.31. The Hall–Kier alpha value is -1.04. The third-order valence-corrected chi connectivity index (χ3v) is 4.26. The summed E-state index contributed by atoms with van der Waals surface area (Å²) in [7, 11) is 0. The van der Waals surface area contributed by atoms with Gasteiger partial charge in [0.15, 0.2) is 5.82 Å². The summed E-state index contributed by atoms with van der Waals surface area (Å²) in [6, 6.07) is 0. The molecule has 0 aliphatic carbocycles. The molecule has 1 atom stereocenters. The number of rotatable bonds is 4. The Morgan fingerprint density at radius 1 is 1.33 bits per heavy atom. The van der Waals surface area contributed by atoms with E-state index in [4.69, 9.17) is 14.7 Å². The fourth-order valence-electron chi connectivity index (χ4n) is 3.21. The van der Waals surface area contributed by atoms with Crippen molar-refractivity contribution in [2.75, 3.05) is 26.2 Å². The van der Waals surface area contributed by atoms with E-state index < -0.39 is 0 Å². The fourth-order valence-corrected chi connectivity index (χ4v) is 3.21. The van der Waals surface area contributed by atoms with Crippen molar-refractivity contribution in [2.24, 2.45) is 0 Å². The van der Waals surface area contributed by atoms with E-state index in [1.165, 1.54) is 23.4 Å². The van der Waals surface area contributed by atoms with E-state index in [1.807, 2.05) is 0 Å². The van der Waals surface area contributed by atoms with Crippen LogP contribution in [0.4, 0.5) is 0 Å². The van der Waals surface area contributed by atoms with Crippen LogP contribution in [0.2, 0.25) is 0 Å². The second kappa shape index (κ2) is 6.38. The van der Waals surface area contributed by atoms with Gasteiger partial charge in [0.25, 0.3) is 0 Å². The zero-order chi connectivity index (χ0) is 14.8. The summed E-state index contributed by atoms with van der Waals surface area (Å²) in [5, 5.41) is 3.39. The number of hydrogen-bond acceptors (Lipinski definition) is 5. The summed E-state index contributed by atoms with van der Waals surface area (Å²) in [5.74, 6) is 1.30. The van der Waals surface area contributed by atoms with Crippen LogP contribution >= 0.6 is 0 Å². The number of hydrogen-bond donors (Lipinski definition) is 1. The van der Waals surface area contributed by atoms with Crippen molar-refractivity contribution >= 4 is 0 Å². The van der Waals surface area contributed by atoms with Crippen LogP contribution in [0.15, 0.2) is 0 Å². The zero-order valence-electron chi connectivity index (χ0n) is 13.4. The third-order valence-electron chi connectivity index (χ3n) is 4.26. The summed E-state index contributed by atoms with van der Waals surface area (Å²) in [6.45, 7) is 12.2. The Balaban J connectivity index is 1.86. The number of nitrogens with one attached hydrogen (secondary N) is 1. The Labute approximate surface area is 127 Å². The Kier molecular flexibility index (Phi) is 4.52. The number of aromatic nitrogens is 2. The molecule has 0 bridgehead atoms. The molecule has 0 saturated carbocycles. The first kappa shape index (κ1) is 14.9. The van der Waals surface area contributed by atoms with Crippen molar-refractivity contribution in [3.8, 4) is 0 Å². The van der Waals surface area contributed by atoms with Crippen molar-refractivity contribution in [3.05, 3.63) is 22.8 Å². The van der Waals surface area contributed by atoms with Crippen molar-refractivity contribution in [1.82, 2.24) is 20.2 Å². The lowest BCUT2D eigenvalue weighted by Crippen LogP contribution is -2.39. The van der Waals surface area contributed by atoms with Gasteiger partial charge in [-0.25, -0.2) is 9.97 Å². The predicted octanol–water partition coefficient (Wildman–Crippen LogP) is 1.99. The summed E-state index contributed by atoms with van der Waals surface area (Å²) >= 11 is 0. The highest BCUT2D eigenvalue weighted by Crippen LogP contribution is 2.27. The molecule has 1 fully saturated rings. The van der Waals surface area contributed by atoms with E-state index in [-0.39, 0.29) is 6.10 Å². The molecular weight excluding hydrogens is 264 g/mol. The minimum absolute atomic E-state index is 0.0219. The lowest BCUT2D eigenvalue weighted by atomic mass is 10.0. The molecule has 116 valence electrons. The van der Waals surface area contributed by atoms with Gasteiger partial charge in [-0.3, -0.25) is 4.90 Å². The van der Waals surface area contributed by atoms with Crippen molar-refractivity contribution < 1.29 is 4.74 Å². The molecule has 0 aromatic carbocycles. The van der Waals surface area contributed by atoms with Gasteiger partial charge in [-0.05, 0) is 18.9 Å². The number of morpholine rings is 1. The zero-order valence-corrected chi connectivity index (χ0v) is 13.4. The van der Waals surface area contributed by atoms with Crippen LogP contribution in [0.25, 0.3) is 0 Å². The fraction of sp³-hybridized carbons (Fsp3) is 0.750. The largest absolute Gasteiger partial charge is 0.368 e. The van der Waals surface area contributed by atoms with Crippen LogP contribution in [0.1, 0.15) is 62.0 Å². The molecule has 2 aliphatic heterocycles. The lowest BCUT2D eigenvalue weighted by Gasteiger charge is -2.32. The second-order valence-electron chi connectivity index (χ2n) is 6.31. The van der Waals surface area contributed by atoms with E-state index >= 15 is 0 Å². The third kappa shape index (κ3) is 3.10. The first-order chi connectivity index (χ1) is 10.2. The van der Waals surface area contributed by atoms with Crippen LogP contribution in [0.5, 0.6) is 0 Å². The van der Waals surface area contributed by atoms with Crippen molar-refractivity contribution in [1.29, 1.82) is 0 Å². The van der Waals surface area contributed by atoms with E-state index in [9.17, 15) is 0 Å². The number of fused-ring (bicyclic) bond motifs is 1. The van der Waals surface area contributed by atoms with Gasteiger partial charge in [-0.15, -0.1) is 0 Å². The van der Waals surface area contributed by atoms with Crippen LogP contribution in [-0.4, -0.2) is 41.1 Å². The van der Waals surface area contributed by atoms with E-state index in [0.717, 1.165) is 45.2 Å². The molecule has 0 amide bonds. The van der Waals surface area contributed by atoms with Gasteiger partial charge >= 0.3 is 0 Å². The van der Waals surface area contributed by atoms with Crippen LogP contribution in [0, 0.1) is 0 Å². The van der Waals surface area contributed by atoms with Gasteiger partial charge in [0.2, 0.25) is 0 Å². The molecule has 5 heteroatoms. The van der Waals surface area contributed by atoms with Crippen LogP contribution in [0.3, 0.4) is 0 Å². The molecule has 1 N–H and O–H groups in total. The van der Waals surface area contributed by atoms with E-state index in [2.05, 4.69) is 31.0 Å². The SMILES string of the molecule is CCCN1CCOC(c2nc3c(c(C(C)C)n2)CNC3)C1. The topological polar surface area (TPSA) is 50.3 Å². The maximum absolute atomic E-state index is 5.95. The summed E-state index contributed by atoms with van der Waals surface area (Å²) in [5.41, 5.74) is 3.66. The summed E-state index contributed by atoms with van der Waals surface area (Å²) in [6.07, 6.45) is 1.20. The van der Waals surface area contributed by atoms with Gasteiger partial charge in [0.1, 0.15) is 6.10 Å². The molecule has 21 heavy (non-hydrogen) atoms. The first-order valence-corrected chi connectivity index (χ1v) is 8.13.